The molecule has 0 bridgehead atoms. The number of ether oxygens (including phenoxy) is 1. The van der Waals surface area contributed by atoms with Crippen LogP contribution in [0.15, 0.2) is 18.2 Å². The van der Waals surface area contributed by atoms with E-state index in [0.717, 1.165) is 13.2 Å². The van der Waals surface area contributed by atoms with Crippen LogP contribution < -0.4 is 10.6 Å². The van der Waals surface area contributed by atoms with Crippen molar-refractivity contribution in [3.63, 3.8) is 0 Å². The zero-order valence-electron chi connectivity index (χ0n) is 9.79. The maximum absolute atomic E-state index is 5.59. The lowest BCUT2D eigenvalue weighted by molar-refractivity contribution is 0.206. The van der Waals surface area contributed by atoms with Gasteiger partial charge in [-0.1, -0.05) is 12.1 Å². The van der Waals surface area contributed by atoms with E-state index < -0.39 is 0 Å². The van der Waals surface area contributed by atoms with Gasteiger partial charge in [0, 0.05) is 32.9 Å². The third-order valence-electron chi connectivity index (χ3n) is 2.54. The largest absolute Gasteiger partial charge is 0.383 e. The van der Waals surface area contributed by atoms with Crippen molar-refractivity contribution in [1.82, 2.24) is 0 Å². The van der Waals surface area contributed by atoms with Gasteiger partial charge in [-0.2, -0.15) is 0 Å². The zero-order chi connectivity index (χ0) is 11.3. The molecule has 1 aromatic carbocycles. The van der Waals surface area contributed by atoms with Crippen LogP contribution in [0.5, 0.6) is 0 Å². The number of methoxy groups -OCH3 is 1. The molecule has 0 radical (unpaired) electrons. The number of hydrogen-bond donors (Lipinski definition) is 1. The van der Waals surface area contributed by atoms with Gasteiger partial charge >= 0.3 is 0 Å². The molecule has 3 nitrogen and oxygen atoms in total. The van der Waals surface area contributed by atoms with Crippen LogP contribution in [0.25, 0.3) is 0 Å². The number of likely N-dealkylation sites (N-methyl/N-ethyl adjacent to an activating group) is 1. The molecule has 0 aromatic heterocycles. The number of anilines is 1. The van der Waals surface area contributed by atoms with Gasteiger partial charge in [0.25, 0.3) is 0 Å². The molecular weight excluding hydrogens is 188 g/mol. The molecule has 1 aromatic rings. The van der Waals surface area contributed by atoms with E-state index in [0.29, 0.717) is 6.54 Å². The van der Waals surface area contributed by atoms with E-state index in [1.807, 2.05) is 0 Å². The summed E-state index contributed by atoms with van der Waals surface area (Å²) in [4.78, 5) is 2.19. The molecule has 1 rings (SSSR count). The molecular formula is C12H20N2O. The Labute approximate surface area is 91.8 Å². The Kier molecular flexibility index (Phi) is 4.59. The van der Waals surface area contributed by atoms with Crippen LogP contribution in [0.3, 0.4) is 0 Å². The van der Waals surface area contributed by atoms with Crippen LogP contribution in [-0.4, -0.2) is 27.3 Å². The minimum Gasteiger partial charge on any atom is -0.383 e. The SMILES string of the molecule is COCCN(C)c1ccc(CN)cc1C. The normalized spacial score (nSPS) is 10.4. The lowest BCUT2D eigenvalue weighted by atomic mass is 10.1. The van der Waals surface area contributed by atoms with Gasteiger partial charge in [-0.3, -0.25) is 0 Å². The molecule has 0 aliphatic rings. The summed E-state index contributed by atoms with van der Waals surface area (Å²) in [5.41, 5.74) is 9.27. The molecule has 2 N–H and O–H groups in total. The fourth-order valence-electron chi connectivity index (χ4n) is 1.62. The van der Waals surface area contributed by atoms with Gasteiger partial charge in [-0.05, 0) is 24.1 Å². The molecule has 0 saturated heterocycles. The maximum Gasteiger partial charge on any atom is 0.0637 e. The van der Waals surface area contributed by atoms with Crippen LogP contribution in [0, 0.1) is 6.92 Å². The summed E-state index contributed by atoms with van der Waals surface area (Å²) in [5.74, 6) is 0. The summed E-state index contributed by atoms with van der Waals surface area (Å²) in [5, 5.41) is 0. The Morgan fingerprint density at radius 1 is 1.40 bits per heavy atom. The Balaban J connectivity index is 2.76. The molecule has 0 spiro atoms. The van der Waals surface area contributed by atoms with Crippen molar-refractivity contribution >= 4 is 5.69 Å². The average molecular weight is 208 g/mol. The van der Waals surface area contributed by atoms with Gasteiger partial charge in [-0.25, -0.2) is 0 Å². The minimum atomic E-state index is 0.600. The molecule has 0 amide bonds. The monoisotopic (exact) mass is 208 g/mol. The Hall–Kier alpha value is -1.06. The van der Waals surface area contributed by atoms with Crippen LogP contribution in [0.1, 0.15) is 11.1 Å². The highest BCUT2D eigenvalue weighted by atomic mass is 16.5. The second-order valence-electron chi connectivity index (χ2n) is 3.74. The Bertz CT molecular complexity index is 312. The van der Waals surface area contributed by atoms with Gasteiger partial charge in [0.1, 0.15) is 0 Å². The first kappa shape index (κ1) is 12.0. The summed E-state index contributed by atoms with van der Waals surface area (Å²) in [6, 6.07) is 6.33. The number of benzene rings is 1. The summed E-state index contributed by atoms with van der Waals surface area (Å²) in [6.07, 6.45) is 0. The van der Waals surface area contributed by atoms with E-state index in [2.05, 4.69) is 37.1 Å². The van der Waals surface area contributed by atoms with Crippen molar-refractivity contribution in [3.8, 4) is 0 Å². The standard InChI is InChI=1S/C12H20N2O/c1-10-8-11(9-13)4-5-12(10)14(2)6-7-15-3/h4-5,8H,6-7,9,13H2,1-3H3. The molecule has 0 aliphatic carbocycles. The number of nitrogens with zero attached hydrogens (tertiary/aromatic N) is 1. The van der Waals surface area contributed by atoms with Crippen molar-refractivity contribution in [1.29, 1.82) is 0 Å². The van der Waals surface area contributed by atoms with Crippen LogP contribution >= 0.6 is 0 Å². The average Bonchev–Trinajstić information content (AvgIpc) is 2.25. The van der Waals surface area contributed by atoms with E-state index in [-0.39, 0.29) is 0 Å². The molecule has 0 unspecified atom stereocenters. The molecule has 0 atom stereocenters. The quantitative estimate of drug-likeness (QED) is 0.797. The third-order valence-corrected chi connectivity index (χ3v) is 2.54. The van der Waals surface area contributed by atoms with Gasteiger partial charge in [0.05, 0.1) is 6.61 Å². The van der Waals surface area contributed by atoms with Crippen LogP contribution in [0.4, 0.5) is 5.69 Å². The van der Waals surface area contributed by atoms with Crippen molar-refractivity contribution in [2.24, 2.45) is 5.73 Å². The summed E-state index contributed by atoms with van der Waals surface area (Å²) >= 11 is 0. The Morgan fingerprint density at radius 2 is 2.13 bits per heavy atom. The molecule has 84 valence electrons. The first-order valence-electron chi connectivity index (χ1n) is 5.18. The number of hydrogen-bond acceptors (Lipinski definition) is 3. The molecule has 0 aliphatic heterocycles. The highest BCUT2D eigenvalue weighted by Gasteiger charge is 2.04. The van der Waals surface area contributed by atoms with E-state index >= 15 is 0 Å². The smallest absolute Gasteiger partial charge is 0.0637 e. The minimum absolute atomic E-state index is 0.600. The molecule has 0 saturated carbocycles. The Morgan fingerprint density at radius 3 is 2.67 bits per heavy atom. The molecule has 0 fully saturated rings. The predicted octanol–water partition coefficient (Wildman–Crippen LogP) is 1.54. The first-order chi connectivity index (χ1) is 7.19. The van der Waals surface area contributed by atoms with E-state index in [9.17, 15) is 0 Å². The number of nitrogens with two attached hydrogens (primary N) is 1. The second kappa shape index (κ2) is 5.73. The topological polar surface area (TPSA) is 38.5 Å². The highest BCUT2D eigenvalue weighted by molar-refractivity contribution is 5.53. The summed E-state index contributed by atoms with van der Waals surface area (Å²) < 4.78 is 5.06. The molecule has 15 heavy (non-hydrogen) atoms. The third kappa shape index (κ3) is 3.22. The van der Waals surface area contributed by atoms with Gasteiger partial charge < -0.3 is 15.4 Å². The summed E-state index contributed by atoms with van der Waals surface area (Å²) in [6.45, 7) is 4.36. The summed E-state index contributed by atoms with van der Waals surface area (Å²) in [7, 11) is 3.79. The lowest BCUT2D eigenvalue weighted by Crippen LogP contribution is -2.22. The zero-order valence-corrected chi connectivity index (χ0v) is 9.79. The fourth-order valence-corrected chi connectivity index (χ4v) is 1.62. The van der Waals surface area contributed by atoms with Crippen molar-refractivity contribution in [2.45, 2.75) is 13.5 Å². The van der Waals surface area contributed by atoms with Crippen molar-refractivity contribution in [2.75, 3.05) is 32.2 Å². The maximum atomic E-state index is 5.59. The number of aryl methyl sites for hydroxylation is 1. The van der Waals surface area contributed by atoms with Crippen molar-refractivity contribution < 1.29 is 4.74 Å². The van der Waals surface area contributed by atoms with Crippen LogP contribution in [0.2, 0.25) is 0 Å². The van der Waals surface area contributed by atoms with Crippen molar-refractivity contribution in [3.05, 3.63) is 29.3 Å². The van der Waals surface area contributed by atoms with E-state index in [1.54, 1.807) is 7.11 Å². The predicted molar refractivity (Wildman–Crippen MR) is 64.2 cm³/mol. The fraction of sp³-hybridized carbons (Fsp3) is 0.500. The van der Waals surface area contributed by atoms with Crippen LogP contribution in [-0.2, 0) is 11.3 Å². The van der Waals surface area contributed by atoms with Gasteiger partial charge in [0.15, 0.2) is 0 Å². The molecule has 3 heteroatoms. The molecule has 0 heterocycles. The van der Waals surface area contributed by atoms with Gasteiger partial charge in [0.2, 0.25) is 0 Å². The first-order valence-corrected chi connectivity index (χ1v) is 5.18. The van der Waals surface area contributed by atoms with E-state index in [1.165, 1.54) is 16.8 Å². The lowest BCUT2D eigenvalue weighted by Gasteiger charge is -2.21. The highest BCUT2D eigenvalue weighted by Crippen LogP contribution is 2.19. The van der Waals surface area contributed by atoms with Gasteiger partial charge in [-0.15, -0.1) is 0 Å². The van der Waals surface area contributed by atoms with E-state index in [4.69, 9.17) is 10.5 Å². The second-order valence-corrected chi connectivity index (χ2v) is 3.74. The number of rotatable bonds is 5.